The van der Waals surface area contributed by atoms with Crippen LogP contribution in [0, 0.1) is 0 Å². The molecule has 3 aromatic heterocycles. The number of para-hydroxylation sites is 4. The summed E-state index contributed by atoms with van der Waals surface area (Å²) in [4.78, 5) is 0. The molecule has 0 aliphatic heterocycles. The molecule has 0 radical (unpaired) electrons. The van der Waals surface area contributed by atoms with Crippen LogP contribution in [0.25, 0.3) is 99.2 Å². The van der Waals surface area contributed by atoms with E-state index in [-0.39, 0.29) is 0 Å². The first kappa shape index (κ1) is 28.0. The predicted molar refractivity (Wildman–Crippen MR) is 213 cm³/mol. The number of furan rings is 1. The van der Waals surface area contributed by atoms with Crippen LogP contribution in [0.2, 0.25) is 0 Å². The smallest absolute Gasteiger partial charge is 0.160 e. The third-order valence-corrected chi connectivity index (χ3v) is 10.5. The zero-order valence-electron chi connectivity index (χ0n) is 27.6. The van der Waals surface area contributed by atoms with Crippen molar-refractivity contribution in [2.45, 2.75) is 0 Å². The van der Waals surface area contributed by atoms with Gasteiger partial charge >= 0.3 is 0 Å². The van der Waals surface area contributed by atoms with E-state index in [2.05, 4.69) is 185 Å². The van der Waals surface area contributed by atoms with Crippen LogP contribution < -0.4 is 0 Å². The molecule has 0 saturated heterocycles. The molecule has 238 valence electrons. The minimum Gasteiger partial charge on any atom is -0.454 e. The Kier molecular flexibility index (Phi) is 5.96. The molecule has 51 heavy (non-hydrogen) atoms. The largest absolute Gasteiger partial charge is 0.454 e. The fourth-order valence-electron chi connectivity index (χ4n) is 8.36. The maximum absolute atomic E-state index is 6.79. The highest BCUT2D eigenvalue weighted by Gasteiger charge is 2.22. The Morgan fingerprint density at radius 2 is 0.980 bits per heavy atom. The normalized spacial score (nSPS) is 11.9. The van der Waals surface area contributed by atoms with E-state index in [1.807, 2.05) is 6.07 Å². The number of hydrogen-bond acceptors (Lipinski definition) is 1. The summed E-state index contributed by atoms with van der Waals surface area (Å²) in [7, 11) is 0. The van der Waals surface area contributed by atoms with Gasteiger partial charge in [-0.2, -0.15) is 0 Å². The van der Waals surface area contributed by atoms with Gasteiger partial charge in [0.2, 0.25) is 0 Å². The van der Waals surface area contributed by atoms with Gasteiger partial charge < -0.3 is 13.6 Å². The van der Waals surface area contributed by atoms with Crippen molar-refractivity contribution in [1.82, 2.24) is 9.13 Å². The van der Waals surface area contributed by atoms with Crippen molar-refractivity contribution in [1.29, 1.82) is 0 Å². The van der Waals surface area contributed by atoms with E-state index >= 15 is 0 Å². The highest BCUT2D eigenvalue weighted by atomic mass is 16.3. The van der Waals surface area contributed by atoms with Gasteiger partial charge in [-0.3, -0.25) is 0 Å². The second-order valence-corrected chi connectivity index (χ2v) is 13.3. The minimum atomic E-state index is 0.890. The van der Waals surface area contributed by atoms with Crippen LogP contribution in [0.1, 0.15) is 0 Å². The van der Waals surface area contributed by atoms with Crippen LogP contribution in [-0.2, 0) is 0 Å². The number of benzene rings is 8. The lowest BCUT2D eigenvalue weighted by Gasteiger charge is -2.12. The van der Waals surface area contributed by atoms with Crippen molar-refractivity contribution in [2.24, 2.45) is 0 Å². The van der Waals surface area contributed by atoms with Gasteiger partial charge in [0.1, 0.15) is 5.58 Å². The molecule has 11 rings (SSSR count). The number of aromatic nitrogens is 2. The van der Waals surface area contributed by atoms with Crippen molar-refractivity contribution < 1.29 is 4.42 Å². The van der Waals surface area contributed by atoms with Gasteiger partial charge in [0.05, 0.1) is 27.8 Å². The zero-order valence-corrected chi connectivity index (χ0v) is 27.6. The second kappa shape index (κ2) is 10.8. The fourth-order valence-corrected chi connectivity index (χ4v) is 8.36. The van der Waals surface area contributed by atoms with Crippen LogP contribution in [-0.4, -0.2) is 9.13 Å². The third-order valence-electron chi connectivity index (χ3n) is 10.5. The Bertz CT molecular complexity index is 3130. The van der Waals surface area contributed by atoms with E-state index in [1.54, 1.807) is 0 Å². The molecule has 0 fully saturated rings. The summed E-state index contributed by atoms with van der Waals surface area (Å²) in [6.07, 6.45) is 0. The van der Waals surface area contributed by atoms with E-state index in [9.17, 15) is 0 Å². The van der Waals surface area contributed by atoms with E-state index in [0.717, 1.165) is 44.3 Å². The SMILES string of the molecule is c1ccc(-c2ccc(-n3c4ccccc4c4c(-c5ccc6c(c5)c5ccccc5n6-c5ccccc5)cccc43)c3oc4ccccc4c23)cc1. The number of fused-ring (bicyclic) bond motifs is 9. The maximum atomic E-state index is 6.79. The summed E-state index contributed by atoms with van der Waals surface area (Å²) in [5, 5.41) is 7.20. The molecule has 0 atom stereocenters. The molecular weight excluding hydrogens is 621 g/mol. The molecular formula is C48H30N2O. The fraction of sp³-hybridized carbons (Fsp3) is 0. The van der Waals surface area contributed by atoms with Crippen LogP contribution in [0.3, 0.4) is 0 Å². The average Bonchev–Trinajstić information content (AvgIpc) is 3.86. The maximum Gasteiger partial charge on any atom is 0.160 e. The van der Waals surface area contributed by atoms with Crippen LogP contribution >= 0.6 is 0 Å². The Morgan fingerprint density at radius 1 is 0.353 bits per heavy atom. The van der Waals surface area contributed by atoms with Gasteiger partial charge in [0.15, 0.2) is 5.58 Å². The Balaban J connectivity index is 1.19. The molecule has 11 aromatic rings. The van der Waals surface area contributed by atoms with Crippen molar-refractivity contribution in [3.8, 4) is 33.6 Å². The number of hydrogen-bond donors (Lipinski definition) is 0. The molecule has 0 spiro atoms. The van der Waals surface area contributed by atoms with Crippen LogP contribution in [0.5, 0.6) is 0 Å². The van der Waals surface area contributed by atoms with E-state index in [1.165, 1.54) is 54.8 Å². The summed E-state index contributed by atoms with van der Waals surface area (Å²) >= 11 is 0. The van der Waals surface area contributed by atoms with Gasteiger partial charge in [-0.25, -0.2) is 0 Å². The first-order valence-electron chi connectivity index (χ1n) is 17.4. The quantitative estimate of drug-likeness (QED) is 0.186. The Hall–Kier alpha value is -6.84. The molecule has 0 unspecified atom stereocenters. The molecule has 0 N–H and O–H groups in total. The summed E-state index contributed by atoms with van der Waals surface area (Å²) in [6.45, 7) is 0. The Morgan fingerprint density at radius 3 is 1.80 bits per heavy atom. The highest BCUT2D eigenvalue weighted by molar-refractivity contribution is 6.20. The van der Waals surface area contributed by atoms with Gasteiger partial charge in [-0.05, 0) is 76.9 Å². The predicted octanol–water partition coefficient (Wildman–Crippen LogP) is 13.1. The van der Waals surface area contributed by atoms with E-state index in [4.69, 9.17) is 4.42 Å². The van der Waals surface area contributed by atoms with Crippen molar-refractivity contribution in [2.75, 3.05) is 0 Å². The lowest BCUT2D eigenvalue weighted by atomic mass is 9.97. The molecule has 8 aromatic carbocycles. The van der Waals surface area contributed by atoms with E-state index < -0.39 is 0 Å². The highest BCUT2D eigenvalue weighted by Crippen LogP contribution is 2.44. The first-order valence-corrected chi connectivity index (χ1v) is 17.4. The first-order chi connectivity index (χ1) is 25.3. The van der Waals surface area contributed by atoms with Gasteiger partial charge in [0, 0.05) is 38.0 Å². The lowest BCUT2D eigenvalue weighted by molar-refractivity contribution is 0.666. The molecule has 0 amide bonds. The summed E-state index contributed by atoms with van der Waals surface area (Å²) < 4.78 is 11.6. The molecule has 0 aliphatic rings. The third kappa shape index (κ3) is 4.06. The standard InChI is InChI=1S/C48H30N2O/c1-3-14-31(15-4-1)35-27-29-44(48-47(35)38-20-9-12-25-45(38)51-48)50-41-23-11-8-19-37(41)46-34(21-13-24-43(46)50)32-26-28-42-39(30-32)36-18-7-10-22-40(36)49(42)33-16-5-2-6-17-33/h1-30H. The minimum absolute atomic E-state index is 0.890. The average molecular weight is 651 g/mol. The Labute approximate surface area is 293 Å². The van der Waals surface area contributed by atoms with Gasteiger partial charge in [-0.15, -0.1) is 0 Å². The van der Waals surface area contributed by atoms with Crippen LogP contribution in [0.15, 0.2) is 186 Å². The molecule has 3 nitrogen and oxygen atoms in total. The van der Waals surface area contributed by atoms with Crippen molar-refractivity contribution in [3.05, 3.63) is 182 Å². The second-order valence-electron chi connectivity index (χ2n) is 13.3. The molecule has 0 aliphatic carbocycles. The molecule has 0 saturated carbocycles. The van der Waals surface area contributed by atoms with Crippen molar-refractivity contribution in [3.63, 3.8) is 0 Å². The van der Waals surface area contributed by atoms with E-state index in [0.29, 0.717) is 0 Å². The molecule has 3 heteroatoms. The zero-order chi connectivity index (χ0) is 33.5. The topological polar surface area (TPSA) is 23.0 Å². The number of rotatable bonds is 4. The molecule has 0 bridgehead atoms. The summed E-state index contributed by atoms with van der Waals surface area (Å²) in [6, 6.07) is 65.3. The lowest BCUT2D eigenvalue weighted by Crippen LogP contribution is -1.95. The van der Waals surface area contributed by atoms with Gasteiger partial charge in [0.25, 0.3) is 0 Å². The van der Waals surface area contributed by atoms with Crippen molar-refractivity contribution >= 4 is 65.6 Å². The molecule has 3 heterocycles. The number of nitrogens with zero attached hydrogens (tertiary/aromatic N) is 2. The van der Waals surface area contributed by atoms with Gasteiger partial charge in [-0.1, -0.05) is 127 Å². The summed E-state index contributed by atoms with van der Waals surface area (Å²) in [5.74, 6) is 0. The summed E-state index contributed by atoms with van der Waals surface area (Å²) in [5.41, 5.74) is 13.4. The monoisotopic (exact) mass is 650 g/mol. The van der Waals surface area contributed by atoms with Crippen LogP contribution in [0.4, 0.5) is 0 Å².